The highest BCUT2D eigenvalue weighted by Crippen LogP contribution is 2.23. The Morgan fingerprint density at radius 3 is 0.717 bits per heavy atom. The summed E-state index contributed by atoms with van der Waals surface area (Å²) < 4.78 is 0. The van der Waals surface area contributed by atoms with Crippen LogP contribution in [0.5, 0.6) is 0 Å². The average Bonchev–Trinajstić information content (AvgIpc) is 3.17. The quantitative estimate of drug-likeness (QED) is 0.0624. The van der Waals surface area contributed by atoms with Crippen LogP contribution in [0.2, 0.25) is 0 Å². The normalized spacial score (nSPS) is 11.6. The van der Waals surface area contributed by atoms with Gasteiger partial charge in [0.15, 0.2) is 0 Å². The van der Waals surface area contributed by atoms with E-state index in [4.69, 9.17) is 9.97 Å². The summed E-state index contributed by atoms with van der Waals surface area (Å²) in [4.78, 5) is 10.3. The summed E-state index contributed by atoms with van der Waals surface area (Å²) in [5.74, 6) is 0.980. The largest absolute Gasteiger partial charge is 0.237 e. The monoisotopic (exact) mass is 738 g/mol. The van der Waals surface area contributed by atoms with Crippen LogP contribution in [0, 0.1) is 6.42 Å². The molecule has 0 atom stereocenters. The Labute approximate surface area is 335 Å². The fourth-order valence-electron chi connectivity index (χ4n) is 8.37. The minimum Gasteiger partial charge on any atom is -0.237 e. The summed E-state index contributed by atoms with van der Waals surface area (Å²) in [6, 6.07) is 0. The van der Waals surface area contributed by atoms with Gasteiger partial charge in [-0.2, -0.15) is 0 Å². The minimum atomic E-state index is 0.980. The number of rotatable bonds is 43. The van der Waals surface area contributed by atoms with E-state index in [9.17, 15) is 0 Å². The molecule has 0 bridgehead atoms. The lowest BCUT2D eigenvalue weighted by atomic mass is 9.96. The first-order valence-electron chi connectivity index (χ1n) is 24.9. The van der Waals surface area contributed by atoms with Crippen molar-refractivity contribution in [3.63, 3.8) is 0 Å². The van der Waals surface area contributed by atoms with E-state index in [0.29, 0.717) is 0 Å². The summed E-state index contributed by atoms with van der Waals surface area (Å²) in [6.07, 6.45) is 60.9. The molecule has 0 aliphatic carbocycles. The van der Waals surface area contributed by atoms with Crippen LogP contribution in [0.4, 0.5) is 0 Å². The Morgan fingerprint density at radius 1 is 0.283 bits per heavy atom. The van der Waals surface area contributed by atoms with Crippen LogP contribution < -0.4 is 0 Å². The molecule has 0 saturated carbocycles. The van der Waals surface area contributed by atoms with Gasteiger partial charge in [-0.25, -0.2) is 9.97 Å². The van der Waals surface area contributed by atoms with E-state index in [1.165, 1.54) is 268 Å². The van der Waals surface area contributed by atoms with Crippen molar-refractivity contribution in [2.45, 2.75) is 297 Å². The second-order valence-electron chi connectivity index (χ2n) is 17.2. The first-order valence-corrected chi connectivity index (χ1v) is 24.9. The summed E-state index contributed by atoms with van der Waals surface area (Å²) in [5, 5.41) is 0. The number of aromatic nitrogens is 2. The molecule has 2 heteroatoms. The van der Waals surface area contributed by atoms with Crippen LogP contribution in [0.1, 0.15) is 301 Å². The topological polar surface area (TPSA) is 25.8 Å². The van der Waals surface area contributed by atoms with Gasteiger partial charge < -0.3 is 0 Å². The van der Waals surface area contributed by atoms with Crippen molar-refractivity contribution in [3.05, 3.63) is 29.2 Å². The Kier molecular flexibility index (Phi) is 38.5. The molecule has 0 amide bonds. The molecule has 0 aliphatic rings. The van der Waals surface area contributed by atoms with Gasteiger partial charge in [0.2, 0.25) is 0 Å². The SMILES string of the molecule is C[CH]c1nc(CCCCCCCCCCCCCCC)c(CCCCCCCCCCCCCCC)c(CCCCCCCCCCCCCCC)n1. The van der Waals surface area contributed by atoms with E-state index in [1.807, 2.05) is 0 Å². The Hall–Kier alpha value is -0.920. The second-order valence-corrected chi connectivity index (χ2v) is 17.2. The molecule has 1 aromatic rings. The number of nitrogens with zero attached hydrogens (tertiary/aromatic N) is 2. The molecule has 2 nitrogen and oxygen atoms in total. The molecule has 0 spiro atoms. The van der Waals surface area contributed by atoms with Crippen LogP contribution >= 0.6 is 0 Å². The molecule has 0 saturated heterocycles. The zero-order valence-electron chi connectivity index (χ0n) is 37.2. The lowest BCUT2D eigenvalue weighted by Crippen LogP contribution is -2.10. The third-order valence-corrected chi connectivity index (χ3v) is 12.0. The third kappa shape index (κ3) is 31.9. The molecule has 0 aromatic carbocycles. The van der Waals surface area contributed by atoms with Crippen molar-refractivity contribution < 1.29 is 0 Å². The van der Waals surface area contributed by atoms with E-state index in [0.717, 1.165) is 18.7 Å². The lowest BCUT2D eigenvalue weighted by Gasteiger charge is -2.16. The number of hydrogen-bond donors (Lipinski definition) is 0. The number of unbranched alkanes of at least 4 members (excludes halogenated alkanes) is 36. The highest BCUT2D eigenvalue weighted by Gasteiger charge is 2.14. The third-order valence-electron chi connectivity index (χ3n) is 12.0. The van der Waals surface area contributed by atoms with Gasteiger partial charge >= 0.3 is 0 Å². The molecule has 0 aliphatic heterocycles. The standard InChI is InChI=1S/C51H97N2/c1-5-9-12-15-18-21-24-27-30-33-36-39-42-45-48-49(46-43-40-37-34-31-28-25-22-19-16-13-10-6-2)52-51(8-4)53-50(48)47-44-41-38-35-32-29-26-23-20-17-14-11-7-3/h8H,5-7,9-47H2,1-4H3. The summed E-state index contributed by atoms with van der Waals surface area (Å²) in [6.45, 7) is 9.07. The van der Waals surface area contributed by atoms with Gasteiger partial charge in [0.25, 0.3) is 0 Å². The molecule has 0 N–H and O–H groups in total. The van der Waals surface area contributed by atoms with Crippen LogP contribution in [-0.2, 0) is 19.3 Å². The maximum atomic E-state index is 5.17. The highest BCUT2D eigenvalue weighted by atomic mass is 14.9. The van der Waals surface area contributed by atoms with E-state index >= 15 is 0 Å². The van der Waals surface area contributed by atoms with Gasteiger partial charge in [0, 0.05) is 17.8 Å². The highest BCUT2D eigenvalue weighted by molar-refractivity contribution is 5.28. The van der Waals surface area contributed by atoms with Crippen molar-refractivity contribution in [2.24, 2.45) is 0 Å². The molecule has 311 valence electrons. The molecule has 0 fully saturated rings. The molecule has 0 unspecified atom stereocenters. The van der Waals surface area contributed by atoms with Crippen LogP contribution in [0.15, 0.2) is 0 Å². The molecular weight excluding hydrogens is 641 g/mol. The van der Waals surface area contributed by atoms with Crippen molar-refractivity contribution in [1.82, 2.24) is 9.97 Å². The first kappa shape index (κ1) is 50.1. The van der Waals surface area contributed by atoms with Gasteiger partial charge in [0.1, 0.15) is 5.82 Å². The minimum absolute atomic E-state index is 0.980. The van der Waals surface area contributed by atoms with Gasteiger partial charge in [-0.1, -0.05) is 259 Å². The summed E-state index contributed by atoms with van der Waals surface area (Å²) in [5.41, 5.74) is 4.36. The predicted octanol–water partition coefficient (Wildman–Crippen LogP) is 17.9. The Balaban J connectivity index is 2.48. The molecule has 1 radical (unpaired) electrons. The van der Waals surface area contributed by atoms with Gasteiger partial charge in [-0.05, 0) is 44.1 Å². The zero-order chi connectivity index (χ0) is 38.1. The number of aryl methyl sites for hydroxylation is 2. The van der Waals surface area contributed by atoms with E-state index in [2.05, 4.69) is 34.1 Å². The van der Waals surface area contributed by atoms with Crippen molar-refractivity contribution >= 4 is 0 Å². The maximum Gasteiger partial charge on any atom is 0.132 e. The average molecular weight is 738 g/mol. The van der Waals surface area contributed by atoms with Gasteiger partial charge in [-0.3, -0.25) is 0 Å². The van der Waals surface area contributed by atoms with Gasteiger partial charge in [0.05, 0.1) is 0 Å². The second kappa shape index (κ2) is 40.7. The van der Waals surface area contributed by atoms with Gasteiger partial charge in [-0.15, -0.1) is 0 Å². The van der Waals surface area contributed by atoms with E-state index < -0.39 is 0 Å². The summed E-state index contributed by atoms with van der Waals surface area (Å²) >= 11 is 0. The lowest BCUT2D eigenvalue weighted by molar-refractivity contribution is 0.534. The fraction of sp³-hybridized carbons (Fsp3) is 0.902. The van der Waals surface area contributed by atoms with Crippen LogP contribution in [0.25, 0.3) is 0 Å². The zero-order valence-corrected chi connectivity index (χ0v) is 37.2. The van der Waals surface area contributed by atoms with Crippen LogP contribution in [-0.4, -0.2) is 9.97 Å². The molecular formula is C51H97N2. The molecule has 1 aromatic heterocycles. The predicted molar refractivity (Wildman–Crippen MR) is 239 cm³/mol. The molecule has 53 heavy (non-hydrogen) atoms. The van der Waals surface area contributed by atoms with E-state index in [1.54, 1.807) is 5.56 Å². The summed E-state index contributed by atoms with van der Waals surface area (Å²) in [7, 11) is 0. The fourth-order valence-corrected chi connectivity index (χ4v) is 8.37. The first-order chi connectivity index (χ1) is 26.3. The molecule has 1 heterocycles. The van der Waals surface area contributed by atoms with E-state index in [-0.39, 0.29) is 0 Å². The van der Waals surface area contributed by atoms with Crippen molar-refractivity contribution in [2.75, 3.05) is 0 Å². The smallest absolute Gasteiger partial charge is 0.132 e. The maximum absolute atomic E-state index is 5.17. The molecule has 1 rings (SSSR count). The van der Waals surface area contributed by atoms with Crippen molar-refractivity contribution in [1.29, 1.82) is 0 Å². The Morgan fingerprint density at radius 2 is 0.491 bits per heavy atom. The number of hydrogen-bond acceptors (Lipinski definition) is 2. The Bertz CT molecular complexity index is 811. The van der Waals surface area contributed by atoms with Crippen molar-refractivity contribution in [3.8, 4) is 0 Å². The van der Waals surface area contributed by atoms with Crippen LogP contribution in [0.3, 0.4) is 0 Å².